The standard InChI is InChI=1S/C16H14N2O3/c1-18-13-8-7-10(17)9-12(13)14(19)15(16(18)20)21-11-5-3-2-4-6-11/h2-9,15H,17H2,1H3. The van der Waals surface area contributed by atoms with E-state index in [1.807, 2.05) is 6.07 Å². The fraction of sp³-hybridized carbons (Fsp3) is 0.125. The number of Topliss-reactive ketones (excluding diaryl/α,β-unsaturated/α-hetero) is 1. The highest BCUT2D eigenvalue weighted by Crippen LogP contribution is 2.30. The Morgan fingerprint density at radius 2 is 1.81 bits per heavy atom. The van der Waals surface area contributed by atoms with E-state index in [0.717, 1.165) is 0 Å². The molecule has 5 heteroatoms. The Kier molecular flexibility index (Phi) is 3.10. The lowest BCUT2D eigenvalue weighted by Crippen LogP contribution is -2.49. The highest BCUT2D eigenvalue weighted by Gasteiger charge is 2.39. The Morgan fingerprint density at radius 3 is 2.52 bits per heavy atom. The largest absolute Gasteiger partial charge is 0.472 e. The van der Waals surface area contributed by atoms with E-state index in [9.17, 15) is 9.59 Å². The lowest BCUT2D eigenvalue weighted by Gasteiger charge is -2.30. The summed E-state index contributed by atoms with van der Waals surface area (Å²) >= 11 is 0. The average Bonchev–Trinajstić information content (AvgIpc) is 2.50. The summed E-state index contributed by atoms with van der Waals surface area (Å²) in [6.07, 6.45) is -1.17. The fourth-order valence-electron chi connectivity index (χ4n) is 2.33. The van der Waals surface area contributed by atoms with Crippen molar-refractivity contribution in [3.05, 3.63) is 54.1 Å². The first-order valence-corrected chi connectivity index (χ1v) is 6.51. The Hall–Kier alpha value is -2.82. The first-order chi connectivity index (χ1) is 10.1. The van der Waals surface area contributed by atoms with Gasteiger partial charge in [0.05, 0.1) is 5.69 Å². The van der Waals surface area contributed by atoms with Crippen LogP contribution in [0.5, 0.6) is 5.75 Å². The molecule has 0 saturated carbocycles. The third-order valence-electron chi connectivity index (χ3n) is 3.44. The Morgan fingerprint density at radius 1 is 1.10 bits per heavy atom. The maximum Gasteiger partial charge on any atom is 0.276 e. The third kappa shape index (κ3) is 2.23. The molecule has 0 aliphatic carbocycles. The maximum absolute atomic E-state index is 12.5. The van der Waals surface area contributed by atoms with Crippen molar-refractivity contribution in [3.8, 4) is 5.75 Å². The Balaban J connectivity index is 2.00. The van der Waals surface area contributed by atoms with Crippen LogP contribution in [0.1, 0.15) is 10.4 Å². The molecule has 5 nitrogen and oxygen atoms in total. The van der Waals surface area contributed by atoms with Crippen molar-refractivity contribution < 1.29 is 14.3 Å². The summed E-state index contributed by atoms with van der Waals surface area (Å²) in [5.41, 5.74) is 7.15. The van der Waals surface area contributed by atoms with Gasteiger partial charge in [-0.2, -0.15) is 0 Å². The molecule has 0 bridgehead atoms. The predicted octanol–water partition coefficient (Wildman–Crippen LogP) is 1.88. The number of carbonyl (C=O) groups excluding carboxylic acids is 2. The monoisotopic (exact) mass is 282 g/mol. The predicted molar refractivity (Wildman–Crippen MR) is 79.5 cm³/mol. The lowest BCUT2D eigenvalue weighted by atomic mass is 9.97. The minimum Gasteiger partial charge on any atom is -0.472 e. The molecular formula is C16H14N2O3. The molecule has 0 radical (unpaired) electrons. The highest BCUT2D eigenvalue weighted by atomic mass is 16.5. The number of ether oxygens (including phenoxy) is 1. The van der Waals surface area contributed by atoms with E-state index in [2.05, 4.69) is 0 Å². The molecule has 0 spiro atoms. The van der Waals surface area contributed by atoms with Crippen LogP contribution in [0.15, 0.2) is 48.5 Å². The highest BCUT2D eigenvalue weighted by molar-refractivity contribution is 6.24. The summed E-state index contributed by atoms with van der Waals surface area (Å²) in [4.78, 5) is 26.3. The van der Waals surface area contributed by atoms with Crippen LogP contribution in [0.4, 0.5) is 11.4 Å². The van der Waals surface area contributed by atoms with Gasteiger partial charge in [-0.3, -0.25) is 9.59 Å². The second-order valence-corrected chi connectivity index (χ2v) is 4.85. The van der Waals surface area contributed by atoms with E-state index in [0.29, 0.717) is 22.7 Å². The number of nitrogens with zero attached hydrogens (tertiary/aromatic N) is 1. The van der Waals surface area contributed by atoms with Gasteiger partial charge in [0.1, 0.15) is 5.75 Å². The van der Waals surface area contributed by atoms with E-state index in [1.54, 1.807) is 49.5 Å². The molecule has 2 aromatic rings. The smallest absolute Gasteiger partial charge is 0.276 e. The molecule has 2 N–H and O–H groups in total. The molecule has 1 heterocycles. The first-order valence-electron chi connectivity index (χ1n) is 6.51. The second kappa shape index (κ2) is 4.94. The third-order valence-corrected chi connectivity index (χ3v) is 3.44. The lowest BCUT2D eigenvalue weighted by molar-refractivity contribution is -0.123. The van der Waals surface area contributed by atoms with Crippen LogP contribution in [-0.2, 0) is 4.79 Å². The van der Waals surface area contributed by atoms with Crippen molar-refractivity contribution in [1.29, 1.82) is 0 Å². The number of amides is 1. The van der Waals surface area contributed by atoms with Crippen molar-refractivity contribution in [3.63, 3.8) is 0 Å². The van der Waals surface area contributed by atoms with Gasteiger partial charge in [-0.1, -0.05) is 18.2 Å². The van der Waals surface area contributed by atoms with Crippen molar-refractivity contribution >= 4 is 23.1 Å². The number of hydrogen-bond donors (Lipinski definition) is 1. The number of likely N-dealkylation sites (N-methyl/N-ethyl adjacent to an activating group) is 1. The van der Waals surface area contributed by atoms with E-state index in [4.69, 9.17) is 10.5 Å². The molecular weight excluding hydrogens is 268 g/mol. The first kappa shape index (κ1) is 13.2. The van der Waals surface area contributed by atoms with Gasteiger partial charge in [0, 0.05) is 18.3 Å². The van der Waals surface area contributed by atoms with Gasteiger partial charge in [0.15, 0.2) is 0 Å². The molecule has 1 amide bonds. The van der Waals surface area contributed by atoms with Crippen LogP contribution >= 0.6 is 0 Å². The number of ketones is 1. The maximum atomic E-state index is 12.5. The van der Waals surface area contributed by atoms with Gasteiger partial charge in [-0.15, -0.1) is 0 Å². The molecule has 0 saturated heterocycles. The van der Waals surface area contributed by atoms with Crippen molar-refractivity contribution in [2.24, 2.45) is 0 Å². The van der Waals surface area contributed by atoms with Gasteiger partial charge in [-0.25, -0.2) is 0 Å². The van der Waals surface area contributed by atoms with E-state index in [1.165, 1.54) is 4.90 Å². The van der Waals surface area contributed by atoms with Gasteiger partial charge in [-0.05, 0) is 30.3 Å². The van der Waals surface area contributed by atoms with Crippen molar-refractivity contribution in [2.45, 2.75) is 6.10 Å². The molecule has 1 unspecified atom stereocenters. The number of carbonyl (C=O) groups is 2. The molecule has 0 aromatic heterocycles. The summed E-state index contributed by atoms with van der Waals surface area (Å²) in [6, 6.07) is 13.7. The summed E-state index contributed by atoms with van der Waals surface area (Å²) < 4.78 is 5.57. The zero-order chi connectivity index (χ0) is 15.0. The minimum atomic E-state index is -1.17. The topological polar surface area (TPSA) is 72.6 Å². The molecule has 106 valence electrons. The van der Waals surface area contributed by atoms with Crippen LogP contribution in [0.3, 0.4) is 0 Å². The number of rotatable bonds is 2. The fourth-order valence-corrected chi connectivity index (χ4v) is 2.33. The normalized spacial score (nSPS) is 17.6. The Labute approximate surface area is 121 Å². The molecule has 1 aliphatic heterocycles. The van der Waals surface area contributed by atoms with E-state index < -0.39 is 6.10 Å². The molecule has 1 atom stereocenters. The number of hydrogen-bond acceptors (Lipinski definition) is 4. The molecule has 0 fully saturated rings. The second-order valence-electron chi connectivity index (χ2n) is 4.85. The summed E-state index contributed by atoms with van der Waals surface area (Å²) in [6.45, 7) is 0. The number of para-hydroxylation sites is 1. The average molecular weight is 282 g/mol. The van der Waals surface area contributed by atoms with Crippen LogP contribution < -0.4 is 15.4 Å². The molecule has 3 rings (SSSR count). The van der Waals surface area contributed by atoms with Crippen LogP contribution in [0.25, 0.3) is 0 Å². The number of nitrogen functional groups attached to an aromatic ring is 1. The zero-order valence-electron chi connectivity index (χ0n) is 11.4. The van der Waals surface area contributed by atoms with E-state index >= 15 is 0 Å². The Bertz CT molecular complexity index is 713. The van der Waals surface area contributed by atoms with E-state index in [-0.39, 0.29) is 11.7 Å². The number of nitrogens with two attached hydrogens (primary N) is 1. The minimum absolute atomic E-state index is 0.371. The summed E-state index contributed by atoms with van der Waals surface area (Å²) in [7, 11) is 1.62. The quantitative estimate of drug-likeness (QED) is 0.674. The van der Waals surface area contributed by atoms with Gasteiger partial charge in [0.2, 0.25) is 11.9 Å². The van der Waals surface area contributed by atoms with Crippen LogP contribution in [-0.4, -0.2) is 24.8 Å². The van der Waals surface area contributed by atoms with Crippen LogP contribution in [0, 0.1) is 0 Å². The summed E-state index contributed by atoms with van der Waals surface area (Å²) in [5, 5.41) is 0. The number of benzene rings is 2. The van der Waals surface area contributed by atoms with Crippen molar-refractivity contribution in [1.82, 2.24) is 0 Å². The molecule has 2 aromatic carbocycles. The molecule has 21 heavy (non-hydrogen) atoms. The zero-order valence-corrected chi connectivity index (χ0v) is 11.4. The van der Waals surface area contributed by atoms with Gasteiger partial charge < -0.3 is 15.4 Å². The van der Waals surface area contributed by atoms with Crippen molar-refractivity contribution in [2.75, 3.05) is 17.7 Å². The number of fused-ring (bicyclic) bond motifs is 1. The summed E-state index contributed by atoms with van der Waals surface area (Å²) in [5.74, 6) is -0.282. The number of anilines is 2. The van der Waals surface area contributed by atoms with Gasteiger partial charge >= 0.3 is 0 Å². The molecule has 1 aliphatic rings. The van der Waals surface area contributed by atoms with Gasteiger partial charge in [0.25, 0.3) is 5.91 Å². The van der Waals surface area contributed by atoms with Crippen LogP contribution in [0.2, 0.25) is 0 Å². The SMILES string of the molecule is CN1C(=O)C(Oc2ccccc2)C(=O)c2cc(N)ccc21.